The van der Waals surface area contributed by atoms with E-state index in [1.165, 1.54) is 13.2 Å². The minimum absolute atomic E-state index is 0.000449. The van der Waals surface area contributed by atoms with Crippen molar-refractivity contribution in [2.75, 3.05) is 20.3 Å². The highest BCUT2D eigenvalue weighted by atomic mass is 16.5. The van der Waals surface area contributed by atoms with E-state index in [4.69, 9.17) is 19.1 Å². The summed E-state index contributed by atoms with van der Waals surface area (Å²) in [5, 5.41) is 17.6. The third-order valence-corrected chi connectivity index (χ3v) is 5.77. The Balaban J connectivity index is 1.26. The van der Waals surface area contributed by atoms with Gasteiger partial charge in [-0.05, 0) is 22.3 Å². The van der Waals surface area contributed by atoms with E-state index in [0.717, 1.165) is 22.3 Å². The maximum absolute atomic E-state index is 12.3. The molecule has 0 spiro atoms. The number of amides is 2. The molecule has 1 aliphatic carbocycles. The van der Waals surface area contributed by atoms with E-state index in [9.17, 15) is 14.4 Å². The van der Waals surface area contributed by atoms with Crippen molar-refractivity contribution in [3.05, 3.63) is 77.2 Å². The Bertz CT molecular complexity index is 1180. The summed E-state index contributed by atoms with van der Waals surface area (Å²) in [6.45, 7) is 0.166. The van der Waals surface area contributed by atoms with Crippen LogP contribution in [0.4, 0.5) is 4.79 Å². The molecule has 4 rings (SSSR count). The second-order valence-corrected chi connectivity index (χ2v) is 8.02. The van der Waals surface area contributed by atoms with Crippen LogP contribution in [-0.2, 0) is 20.8 Å². The van der Waals surface area contributed by atoms with Crippen LogP contribution >= 0.6 is 0 Å². The van der Waals surface area contributed by atoms with Gasteiger partial charge in [0.25, 0.3) is 5.91 Å². The molecule has 10 nitrogen and oxygen atoms in total. The van der Waals surface area contributed by atoms with Gasteiger partial charge in [0.2, 0.25) is 0 Å². The highest BCUT2D eigenvalue weighted by molar-refractivity contribution is 5.92. The average Bonchev–Trinajstić information content (AvgIpc) is 3.46. The van der Waals surface area contributed by atoms with E-state index < -0.39 is 24.1 Å². The molecule has 0 aliphatic heterocycles. The van der Waals surface area contributed by atoms with E-state index >= 15 is 0 Å². The number of aliphatic carboxylic acids is 1. The minimum atomic E-state index is -1.03. The third-order valence-electron chi connectivity index (χ3n) is 5.77. The Morgan fingerprint density at radius 3 is 2.34 bits per heavy atom. The fraction of sp³-hybridized carbons (Fsp3) is 0.280. The Labute approximate surface area is 201 Å². The van der Waals surface area contributed by atoms with Gasteiger partial charge >= 0.3 is 12.1 Å². The largest absolute Gasteiger partial charge is 0.481 e. The second-order valence-electron chi connectivity index (χ2n) is 8.02. The maximum Gasteiger partial charge on any atom is 0.407 e. The van der Waals surface area contributed by atoms with Crippen molar-refractivity contribution in [3.8, 4) is 11.1 Å². The van der Waals surface area contributed by atoms with Crippen LogP contribution in [0.3, 0.4) is 0 Å². The van der Waals surface area contributed by atoms with Crippen LogP contribution < -0.4 is 10.6 Å². The van der Waals surface area contributed by atoms with Crippen molar-refractivity contribution in [3.63, 3.8) is 0 Å². The van der Waals surface area contributed by atoms with Crippen LogP contribution in [-0.4, -0.2) is 54.6 Å². The van der Waals surface area contributed by atoms with Gasteiger partial charge in [-0.15, -0.1) is 0 Å². The zero-order chi connectivity index (χ0) is 24.8. The molecule has 1 unspecified atom stereocenters. The maximum atomic E-state index is 12.3. The first kappa shape index (κ1) is 24.0. The van der Waals surface area contributed by atoms with Gasteiger partial charge in [-0.2, -0.15) is 0 Å². The van der Waals surface area contributed by atoms with E-state index in [0.29, 0.717) is 0 Å². The fourth-order valence-corrected chi connectivity index (χ4v) is 4.04. The van der Waals surface area contributed by atoms with E-state index in [2.05, 4.69) is 27.9 Å². The summed E-state index contributed by atoms with van der Waals surface area (Å²) in [7, 11) is 1.36. The van der Waals surface area contributed by atoms with E-state index in [1.807, 2.05) is 36.4 Å². The van der Waals surface area contributed by atoms with E-state index in [1.54, 1.807) is 0 Å². The lowest BCUT2D eigenvalue weighted by molar-refractivity contribution is -0.139. The number of carbonyl (C=O) groups excluding carboxylic acids is 2. The van der Waals surface area contributed by atoms with Crippen LogP contribution in [0.25, 0.3) is 11.1 Å². The average molecular weight is 479 g/mol. The number of benzene rings is 2. The molecule has 3 aromatic rings. The monoisotopic (exact) mass is 479 g/mol. The Morgan fingerprint density at radius 2 is 1.71 bits per heavy atom. The summed E-state index contributed by atoms with van der Waals surface area (Å²) < 4.78 is 15.6. The quantitative estimate of drug-likeness (QED) is 0.403. The Morgan fingerprint density at radius 1 is 1.06 bits per heavy atom. The molecule has 1 aromatic heterocycles. The molecular weight excluding hydrogens is 454 g/mol. The van der Waals surface area contributed by atoms with Crippen molar-refractivity contribution in [1.82, 2.24) is 15.8 Å². The van der Waals surface area contributed by atoms with Crippen molar-refractivity contribution >= 4 is 18.0 Å². The number of ether oxygens (including phenoxy) is 2. The number of hydrogen-bond acceptors (Lipinski definition) is 7. The highest BCUT2D eigenvalue weighted by Gasteiger charge is 2.29. The van der Waals surface area contributed by atoms with Crippen LogP contribution in [0.15, 0.2) is 59.1 Å². The SMILES string of the molecule is COC(CNC(=O)c1cc(CNC(=O)OCC2c3ccccc3-c3ccccc32)on1)CC(=O)O. The number of nitrogens with zero attached hydrogens (tertiary/aromatic N) is 1. The summed E-state index contributed by atoms with van der Waals surface area (Å²) >= 11 is 0. The number of carboxylic acid groups (broad SMARTS) is 1. The van der Waals surface area contributed by atoms with E-state index in [-0.39, 0.29) is 43.5 Å². The normalized spacial score (nSPS) is 12.9. The van der Waals surface area contributed by atoms with Crippen LogP contribution in [0.5, 0.6) is 0 Å². The molecule has 10 heteroatoms. The highest BCUT2D eigenvalue weighted by Crippen LogP contribution is 2.44. The lowest BCUT2D eigenvalue weighted by atomic mass is 9.98. The van der Waals surface area contributed by atoms with Crippen LogP contribution in [0.1, 0.15) is 39.7 Å². The van der Waals surface area contributed by atoms with Crippen molar-refractivity contribution < 1.29 is 33.5 Å². The Hall–Kier alpha value is -4.18. The first-order valence-electron chi connectivity index (χ1n) is 11.0. The second kappa shape index (κ2) is 10.8. The number of carbonyl (C=O) groups is 3. The molecule has 0 saturated carbocycles. The number of methoxy groups -OCH3 is 1. The van der Waals surface area contributed by atoms with Gasteiger partial charge in [0, 0.05) is 25.6 Å². The standard InChI is InChI=1S/C25H25N3O7/c1-33-15(11-23(29)30)12-26-24(31)22-10-16(35-28-22)13-27-25(32)34-14-21-19-8-4-2-6-17(19)18-7-3-5-9-20(18)21/h2-10,15,21H,11-14H2,1H3,(H,26,31)(H,27,32)(H,29,30). The van der Waals surface area contributed by atoms with Crippen LogP contribution in [0.2, 0.25) is 0 Å². The summed E-state index contributed by atoms with van der Waals surface area (Å²) in [6.07, 6.45) is -1.53. The molecule has 1 heterocycles. The lowest BCUT2D eigenvalue weighted by Crippen LogP contribution is -2.34. The summed E-state index contributed by atoms with van der Waals surface area (Å²) in [4.78, 5) is 35.3. The summed E-state index contributed by atoms with van der Waals surface area (Å²) in [5.41, 5.74) is 4.52. The van der Waals surface area contributed by atoms with Gasteiger partial charge in [-0.25, -0.2) is 4.79 Å². The molecule has 0 fully saturated rings. The number of rotatable bonds is 10. The van der Waals surface area contributed by atoms with Gasteiger partial charge in [-0.1, -0.05) is 53.7 Å². The van der Waals surface area contributed by atoms with Gasteiger partial charge in [0.05, 0.1) is 19.1 Å². The first-order valence-corrected chi connectivity index (χ1v) is 11.0. The summed E-state index contributed by atoms with van der Waals surface area (Å²) in [5.74, 6) is -1.37. The van der Waals surface area contributed by atoms with Gasteiger partial charge in [0.1, 0.15) is 6.61 Å². The number of nitrogens with one attached hydrogen (secondary N) is 2. The molecule has 35 heavy (non-hydrogen) atoms. The molecule has 1 atom stereocenters. The number of carboxylic acids is 1. The molecule has 2 amide bonds. The topological polar surface area (TPSA) is 140 Å². The minimum Gasteiger partial charge on any atom is -0.481 e. The molecule has 0 radical (unpaired) electrons. The zero-order valence-electron chi connectivity index (χ0n) is 19.0. The van der Waals surface area contributed by atoms with Gasteiger partial charge in [-0.3, -0.25) is 9.59 Å². The third kappa shape index (κ3) is 5.67. The molecule has 182 valence electrons. The molecule has 2 aromatic carbocycles. The smallest absolute Gasteiger partial charge is 0.407 e. The van der Waals surface area contributed by atoms with Crippen molar-refractivity contribution in [2.45, 2.75) is 25.0 Å². The van der Waals surface area contributed by atoms with Crippen LogP contribution in [0, 0.1) is 0 Å². The fourth-order valence-electron chi connectivity index (χ4n) is 4.04. The zero-order valence-corrected chi connectivity index (χ0v) is 19.0. The molecular formula is C25H25N3O7. The summed E-state index contributed by atoms with van der Waals surface area (Å²) in [6, 6.07) is 17.5. The van der Waals surface area contributed by atoms with Gasteiger partial charge in [0.15, 0.2) is 11.5 Å². The molecule has 0 saturated heterocycles. The lowest BCUT2D eigenvalue weighted by Gasteiger charge is -2.14. The van der Waals surface area contributed by atoms with Gasteiger partial charge < -0.3 is 29.7 Å². The predicted molar refractivity (Wildman–Crippen MR) is 124 cm³/mol. The van der Waals surface area contributed by atoms with Crippen molar-refractivity contribution in [1.29, 1.82) is 0 Å². The number of aromatic nitrogens is 1. The molecule has 0 bridgehead atoms. The molecule has 3 N–H and O–H groups in total. The first-order chi connectivity index (χ1) is 17.0. The predicted octanol–water partition coefficient (Wildman–Crippen LogP) is 2.93. The number of alkyl carbamates (subject to hydrolysis) is 1. The number of fused-ring (bicyclic) bond motifs is 3. The Kier molecular flexibility index (Phi) is 7.41. The number of hydrogen-bond donors (Lipinski definition) is 3. The molecule has 1 aliphatic rings. The van der Waals surface area contributed by atoms with Crippen molar-refractivity contribution in [2.24, 2.45) is 0 Å².